The van der Waals surface area contributed by atoms with E-state index < -0.39 is 23.7 Å². The molecule has 1 rings (SSSR count). The van der Waals surface area contributed by atoms with Crippen molar-refractivity contribution in [1.29, 1.82) is 0 Å². The predicted molar refractivity (Wildman–Crippen MR) is 61.8 cm³/mol. The van der Waals surface area contributed by atoms with Crippen LogP contribution in [-0.2, 0) is 9.53 Å². The third-order valence-electron chi connectivity index (χ3n) is 2.42. The molecule has 2 atom stereocenters. The van der Waals surface area contributed by atoms with E-state index in [4.69, 9.17) is 9.84 Å². The molecule has 1 aliphatic heterocycles. The Labute approximate surface area is 101 Å². The van der Waals surface area contributed by atoms with Gasteiger partial charge in [0, 0.05) is 19.1 Å². The molecule has 1 amide bonds. The number of aliphatic carboxylic acids is 1. The molecule has 1 saturated heterocycles. The molecular weight excluding hydrogens is 224 g/mol. The van der Waals surface area contributed by atoms with Crippen molar-refractivity contribution in [2.24, 2.45) is 0 Å². The first-order chi connectivity index (χ1) is 7.70. The minimum Gasteiger partial charge on any atom is -0.480 e. The topological polar surface area (TPSA) is 78.9 Å². The Balaban J connectivity index is 2.75. The molecule has 0 bridgehead atoms. The molecule has 1 aliphatic rings. The zero-order valence-electron chi connectivity index (χ0n) is 10.7. The van der Waals surface area contributed by atoms with Crippen LogP contribution in [0.1, 0.15) is 27.7 Å². The Morgan fingerprint density at radius 3 is 2.47 bits per heavy atom. The fraction of sp³-hybridized carbons (Fsp3) is 0.818. The van der Waals surface area contributed by atoms with Crippen molar-refractivity contribution in [3.63, 3.8) is 0 Å². The minimum absolute atomic E-state index is 0.0677. The average Bonchev–Trinajstić information content (AvgIpc) is 2.14. The Bertz CT molecular complexity index is 311. The Kier molecular flexibility index (Phi) is 3.98. The molecule has 2 N–H and O–H groups in total. The lowest BCUT2D eigenvalue weighted by atomic mass is 10.1. The fourth-order valence-electron chi connectivity index (χ4n) is 1.65. The molecule has 6 heteroatoms. The summed E-state index contributed by atoms with van der Waals surface area (Å²) in [7, 11) is 0. The lowest BCUT2D eigenvalue weighted by molar-refractivity contribution is -0.144. The van der Waals surface area contributed by atoms with Crippen LogP contribution in [0, 0.1) is 0 Å². The Hall–Kier alpha value is -1.30. The van der Waals surface area contributed by atoms with Crippen LogP contribution >= 0.6 is 0 Å². The number of piperazine rings is 1. The number of amides is 1. The number of carboxylic acids is 1. The van der Waals surface area contributed by atoms with Gasteiger partial charge in [0.05, 0.1) is 0 Å². The normalized spacial score (nSPS) is 25.5. The van der Waals surface area contributed by atoms with Crippen molar-refractivity contribution in [2.75, 3.05) is 13.1 Å². The second kappa shape index (κ2) is 4.91. The summed E-state index contributed by atoms with van der Waals surface area (Å²) in [6.45, 7) is 7.75. The van der Waals surface area contributed by atoms with E-state index in [1.54, 1.807) is 20.8 Å². The van der Waals surface area contributed by atoms with Crippen molar-refractivity contribution in [3.8, 4) is 0 Å². The van der Waals surface area contributed by atoms with E-state index in [1.165, 1.54) is 4.90 Å². The molecule has 0 aromatic heterocycles. The average molecular weight is 244 g/mol. The zero-order valence-corrected chi connectivity index (χ0v) is 10.7. The van der Waals surface area contributed by atoms with Crippen molar-refractivity contribution in [2.45, 2.75) is 45.4 Å². The van der Waals surface area contributed by atoms with Gasteiger partial charge in [-0.05, 0) is 27.7 Å². The van der Waals surface area contributed by atoms with Gasteiger partial charge in [-0.25, -0.2) is 9.59 Å². The first-order valence-electron chi connectivity index (χ1n) is 5.66. The monoisotopic (exact) mass is 244 g/mol. The second-order valence-corrected chi connectivity index (χ2v) is 5.30. The lowest BCUT2D eigenvalue weighted by Crippen LogP contribution is -2.60. The van der Waals surface area contributed by atoms with Crippen LogP contribution in [0.4, 0.5) is 4.79 Å². The van der Waals surface area contributed by atoms with Crippen LogP contribution in [0.25, 0.3) is 0 Å². The van der Waals surface area contributed by atoms with Gasteiger partial charge in [0.2, 0.25) is 0 Å². The maximum Gasteiger partial charge on any atom is 0.411 e. The number of nitrogens with one attached hydrogen (secondary N) is 1. The van der Waals surface area contributed by atoms with Crippen LogP contribution in [0.3, 0.4) is 0 Å². The van der Waals surface area contributed by atoms with Gasteiger partial charge >= 0.3 is 12.1 Å². The molecule has 1 heterocycles. The third-order valence-corrected chi connectivity index (χ3v) is 2.42. The first kappa shape index (κ1) is 13.8. The van der Waals surface area contributed by atoms with Gasteiger partial charge in [-0.3, -0.25) is 4.90 Å². The zero-order chi connectivity index (χ0) is 13.2. The van der Waals surface area contributed by atoms with E-state index >= 15 is 0 Å². The van der Waals surface area contributed by atoms with Gasteiger partial charge in [0.15, 0.2) is 0 Å². The number of ether oxygens (including phenoxy) is 1. The van der Waals surface area contributed by atoms with E-state index in [9.17, 15) is 9.59 Å². The highest BCUT2D eigenvalue weighted by atomic mass is 16.6. The molecule has 0 unspecified atom stereocenters. The van der Waals surface area contributed by atoms with E-state index in [0.29, 0.717) is 6.54 Å². The second-order valence-electron chi connectivity index (χ2n) is 5.30. The summed E-state index contributed by atoms with van der Waals surface area (Å²) in [5.41, 5.74) is -0.617. The number of carboxylic acid groups (broad SMARTS) is 1. The minimum atomic E-state index is -1.02. The number of hydrogen-bond acceptors (Lipinski definition) is 4. The summed E-state index contributed by atoms with van der Waals surface area (Å²) in [6, 6.07) is -0.792. The van der Waals surface area contributed by atoms with Crippen molar-refractivity contribution in [1.82, 2.24) is 10.2 Å². The molecule has 0 spiro atoms. The maximum atomic E-state index is 11.9. The number of carbonyl (C=O) groups is 2. The van der Waals surface area contributed by atoms with Crippen molar-refractivity contribution >= 4 is 12.1 Å². The SMILES string of the molecule is C[C@H]1CN(C(=O)OC(C)(C)C)[C@@H](C(=O)O)CN1. The van der Waals surface area contributed by atoms with Gasteiger partial charge in [-0.2, -0.15) is 0 Å². The Morgan fingerprint density at radius 1 is 1.41 bits per heavy atom. The molecule has 1 fully saturated rings. The molecule has 0 aromatic carbocycles. The first-order valence-corrected chi connectivity index (χ1v) is 5.66. The fourth-order valence-corrected chi connectivity index (χ4v) is 1.65. The van der Waals surface area contributed by atoms with Gasteiger partial charge < -0.3 is 15.2 Å². The molecule has 6 nitrogen and oxygen atoms in total. The number of hydrogen-bond donors (Lipinski definition) is 2. The number of nitrogens with zero attached hydrogens (tertiary/aromatic N) is 1. The summed E-state index contributed by atoms with van der Waals surface area (Å²) in [5, 5.41) is 12.1. The van der Waals surface area contributed by atoms with Gasteiger partial charge in [-0.1, -0.05) is 0 Å². The third kappa shape index (κ3) is 3.89. The standard InChI is InChI=1S/C11H20N2O4/c1-7-6-13(8(5-12-7)9(14)15)10(16)17-11(2,3)4/h7-8,12H,5-6H2,1-4H3,(H,14,15)/t7-,8+/m0/s1. The van der Waals surface area contributed by atoms with Crippen LogP contribution < -0.4 is 5.32 Å². The number of carbonyl (C=O) groups excluding carboxylic acids is 1. The summed E-state index contributed by atoms with van der Waals surface area (Å²) in [5.74, 6) is -1.02. The largest absolute Gasteiger partial charge is 0.480 e. The summed E-state index contributed by atoms with van der Waals surface area (Å²) < 4.78 is 5.20. The molecular formula is C11H20N2O4. The molecule has 0 saturated carbocycles. The van der Waals surface area contributed by atoms with Crippen molar-refractivity contribution < 1.29 is 19.4 Å². The van der Waals surface area contributed by atoms with E-state index in [0.717, 1.165) is 0 Å². The predicted octanol–water partition coefficient (Wildman–Crippen LogP) is 0.668. The van der Waals surface area contributed by atoms with Gasteiger partial charge in [0.25, 0.3) is 0 Å². The van der Waals surface area contributed by atoms with Gasteiger partial charge in [-0.15, -0.1) is 0 Å². The summed E-state index contributed by atoms with van der Waals surface area (Å²) in [6.07, 6.45) is -0.571. The molecule has 17 heavy (non-hydrogen) atoms. The molecule has 98 valence electrons. The van der Waals surface area contributed by atoms with E-state index in [2.05, 4.69) is 5.32 Å². The van der Waals surface area contributed by atoms with Gasteiger partial charge in [0.1, 0.15) is 11.6 Å². The maximum absolute atomic E-state index is 11.9. The van der Waals surface area contributed by atoms with Crippen molar-refractivity contribution in [3.05, 3.63) is 0 Å². The molecule has 0 aromatic rings. The van der Waals surface area contributed by atoms with E-state index in [-0.39, 0.29) is 12.6 Å². The van der Waals surface area contributed by atoms with E-state index in [1.807, 2.05) is 6.92 Å². The number of rotatable bonds is 1. The highest BCUT2D eigenvalue weighted by molar-refractivity contribution is 5.80. The Morgan fingerprint density at radius 2 is 2.00 bits per heavy atom. The quantitative estimate of drug-likeness (QED) is 0.708. The smallest absolute Gasteiger partial charge is 0.411 e. The van der Waals surface area contributed by atoms with Crippen LogP contribution in [0.15, 0.2) is 0 Å². The lowest BCUT2D eigenvalue weighted by Gasteiger charge is -2.37. The van der Waals surface area contributed by atoms with Crippen LogP contribution in [-0.4, -0.2) is 52.8 Å². The van der Waals surface area contributed by atoms with Crippen LogP contribution in [0.5, 0.6) is 0 Å². The summed E-state index contributed by atoms with van der Waals surface area (Å²) in [4.78, 5) is 24.2. The highest BCUT2D eigenvalue weighted by Gasteiger charge is 2.36. The summed E-state index contributed by atoms with van der Waals surface area (Å²) >= 11 is 0. The molecule has 0 radical (unpaired) electrons. The highest BCUT2D eigenvalue weighted by Crippen LogP contribution is 2.14. The molecule has 0 aliphatic carbocycles. The van der Waals surface area contributed by atoms with Crippen LogP contribution in [0.2, 0.25) is 0 Å².